The van der Waals surface area contributed by atoms with E-state index >= 15 is 0 Å². The highest BCUT2D eigenvalue weighted by atomic mass is 79.9. The number of likely N-dealkylation sites (N-methyl/N-ethyl adjacent to an activating group) is 1. The second kappa shape index (κ2) is 8.01. The summed E-state index contributed by atoms with van der Waals surface area (Å²) in [5, 5.41) is 6.10. The molecule has 1 aromatic rings. The standard InChI is InChI=1S/C12H13Br2N3O3/c1-3-15-11(18)12(19)17-16-6-7-4-8(13)5-9(14)10(7)20-2/h4-6H,3H2,1-2H3,(H,15,18)(H,17,19)/b16-6-. The highest BCUT2D eigenvalue weighted by Crippen LogP contribution is 2.31. The molecule has 0 unspecified atom stereocenters. The molecular formula is C12H13Br2N3O3. The SMILES string of the molecule is CCNC(=O)C(=O)N/N=C\c1cc(Br)cc(Br)c1OC. The monoisotopic (exact) mass is 405 g/mol. The lowest BCUT2D eigenvalue weighted by Crippen LogP contribution is -2.37. The Morgan fingerprint density at radius 1 is 1.35 bits per heavy atom. The van der Waals surface area contributed by atoms with Crippen LogP contribution in [0, 0.1) is 0 Å². The second-order valence-corrected chi connectivity index (χ2v) is 5.34. The molecule has 0 aliphatic carbocycles. The fraction of sp³-hybridized carbons (Fsp3) is 0.250. The molecular weight excluding hydrogens is 394 g/mol. The lowest BCUT2D eigenvalue weighted by Gasteiger charge is -2.07. The largest absolute Gasteiger partial charge is 0.495 e. The summed E-state index contributed by atoms with van der Waals surface area (Å²) >= 11 is 6.70. The molecule has 0 saturated heterocycles. The lowest BCUT2D eigenvalue weighted by atomic mass is 10.2. The van der Waals surface area contributed by atoms with Gasteiger partial charge in [-0.25, -0.2) is 5.43 Å². The van der Waals surface area contributed by atoms with Crippen molar-refractivity contribution in [1.82, 2.24) is 10.7 Å². The van der Waals surface area contributed by atoms with Gasteiger partial charge in [-0.15, -0.1) is 0 Å². The summed E-state index contributed by atoms with van der Waals surface area (Å²) in [6.45, 7) is 2.10. The summed E-state index contributed by atoms with van der Waals surface area (Å²) in [6.07, 6.45) is 1.39. The van der Waals surface area contributed by atoms with Gasteiger partial charge in [0.1, 0.15) is 5.75 Å². The molecule has 108 valence electrons. The van der Waals surface area contributed by atoms with Crippen molar-refractivity contribution in [2.45, 2.75) is 6.92 Å². The molecule has 0 aliphatic heterocycles. The van der Waals surface area contributed by atoms with Crippen molar-refractivity contribution in [1.29, 1.82) is 0 Å². The minimum absolute atomic E-state index is 0.377. The third kappa shape index (κ3) is 4.61. The summed E-state index contributed by atoms with van der Waals surface area (Å²) in [7, 11) is 1.53. The number of hydrogen-bond acceptors (Lipinski definition) is 4. The highest BCUT2D eigenvalue weighted by molar-refractivity contribution is 9.11. The maximum atomic E-state index is 11.3. The van der Waals surface area contributed by atoms with Gasteiger partial charge in [0.25, 0.3) is 0 Å². The van der Waals surface area contributed by atoms with E-state index in [1.807, 2.05) is 6.07 Å². The van der Waals surface area contributed by atoms with Crippen LogP contribution in [-0.2, 0) is 9.59 Å². The number of hydrogen-bond donors (Lipinski definition) is 2. The van der Waals surface area contributed by atoms with Gasteiger partial charge >= 0.3 is 11.8 Å². The van der Waals surface area contributed by atoms with Crippen LogP contribution in [0.1, 0.15) is 12.5 Å². The van der Waals surface area contributed by atoms with Gasteiger partial charge in [-0.2, -0.15) is 5.10 Å². The first-order valence-electron chi connectivity index (χ1n) is 5.63. The first kappa shape index (κ1) is 16.6. The Hall–Kier alpha value is -1.41. The lowest BCUT2D eigenvalue weighted by molar-refractivity contribution is -0.139. The fourth-order valence-electron chi connectivity index (χ4n) is 1.34. The molecule has 6 nitrogen and oxygen atoms in total. The van der Waals surface area contributed by atoms with E-state index in [0.29, 0.717) is 17.9 Å². The van der Waals surface area contributed by atoms with E-state index < -0.39 is 11.8 Å². The molecule has 2 amide bonds. The van der Waals surface area contributed by atoms with Crippen molar-refractivity contribution >= 4 is 49.9 Å². The number of carbonyl (C=O) groups is 2. The normalized spacial score (nSPS) is 10.4. The number of hydrazone groups is 1. The molecule has 0 spiro atoms. The number of carbonyl (C=O) groups excluding carboxylic acids is 2. The van der Waals surface area contributed by atoms with Crippen molar-refractivity contribution in [3.05, 3.63) is 26.6 Å². The minimum Gasteiger partial charge on any atom is -0.495 e. The Bertz CT molecular complexity index is 547. The zero-order valence-corrected chi connectivity index (χ0v) is 14.0. The summed E-state index contributed by atoms with van der Waals surface area (Å²) < 4.78 is 6.79. The smallest absolute Gasteiger partial charge is 0.329 e. The first-order valence-corrected chi connectivity index (χ1v) is 7.22. The number of nitrogens with zero attached hydrogens (tertiary/aromatic N) is 1. The van der Waals surface area contributed by atoms with Gasteiger partial charge in [0.05, 0.1) is 17.8 Å². The van der Waals surface area contributed by atoms with Crippen LogP contribution in [0.25, 0.3) is 0 Å². The quantitative estimate of drug-likeness (QED) is 0.454. The maximum absolute atomic E-state index is 11.3. The molecule has 1 rings (SSSR count). The van der Waals surface area contributed by atoms with Gasteiger partial charge in [-0.3, -0.25) is 9.59 Å². The van der Waals surface area contributed by atoms with E-state index in [-0.39, 0.29) is 0 Å². The first-order chi connectivity index (χ1) is 9.49. The average molecular weight is 407 g/mol. The average Bonchev–Trinajstić information content (AvgIpc) is 2.38. The molecule has 20 heavy (non-hydrogen) atoms. The molecule has 0 bridgehead atoms. The molecule has 8 heteroatoms. The maximum Gasteiger partial charge on any atom is 0.329 e. The summed E-state index contributed by atoms with van der Waals surface area (Å²) in [4.78, 5) is 22.5. The molecule has 0 atom stereocenters. The molecule has 0 saturated carbocycles. The molecule has 0 radical (unpaired) electrons. The fourth-order valence-corrected chi connectivity index (χ4v) is 2.76. The molecule has 1 aromatic carbocycles. The minimum atomic E-state index is -0.823. The number of ether oxygens (including phenoxy) is 1. The number of halogens is 2. The van der Waals surface area contributed by atoms with Gasteiger partial charge in [-0.05, 0) is 35.0 Å². The van der Waals surface area contributed by atoms with Crippen LogP contribution in [0.15, 0.2) is 26.2 Å². The predicted molar refractivity (Wildman–Crippen MR) is 82.8 cm³/mol. The van der Waals surface area contributed by atoms with Crippen molar-refractivity contribution < 1.29 is 14.3 Å². The van der Waals surface area contributed by atoms with Crippen LogP contribution in [0.4, 0.5) is 0 Å². The summed E-state index contributed by atoms with van der Waals surface area (Å²) in [6, 6.07) is 3.59. The van der Waals surface area contributed by atoms with Crippen LogP contribution in [0.3, 0.4) is 0 Å². The number of methoxy groups -OCH3 is 1. The molecule has 0 aliphatic rings. The van der Waals surface area contributed by atoms with E-state index in [9.17, 15) is 9.59 Å². The molecule has 0 aromatic heterocycles. The van der Waals surface area contributed by atoms with E-state index in [4.69, 9.17) is 4.74 Å². The molecule has 0 fully saturated rings. The van der Waals surface area contributed by atoms with Gasteiger partial charge < -0.3 is 10.1 Å². The third-order valence-corrected chi connectivity index (χ3v) is 3.20. The Labute approximate surface area is 133 Å². The zero-order valence-electron chi connectivity index (χ0n) is 10.9. The number of rotatable bonds is 4. The number of benzene rings is 1. The van der Waals surface area contributed by atoms with E-state index in [1.54, 1.807) is 13.0 Å². The summed E-state index contributed by atoms with van der Waals surface area (Å²) in [5.74, 6) is -0.979. The Kier molecular flexibility index (Phi) is 6.66. The van der Waals surface area contributed by atoms with Gasteiger partial charge in [0.15, 0.2) is 0 Å². The van der Waals surface area contributed by atoms with Gasteiger partial charge in [0.2, 0.25) is 0 Å². The Balaban J connectivity index is 2.81. The van der Waals surface area contributed by atoms with E-state index in [1.165, 1.54) is 13.3 Å². The van der Waals surface area contributed by atoms with Crippen molar-refractivity contribution in [2.24, 2.45) is 5.10 Å². The van der Waals surface area contributed by atoms with Gasteiger partial charge in [-0.1, -0.05) is 15.9 Å². The third-order valence-electron chi connectivity index (χ3n) is 2.15. The van der Waals surface area contributed by atoms with E-state index in [2.05, 4.69) is 47.7 Å². The summed E-state index contributed by atoms with van der Waals surface area (Å²) in [5.41, 5.74) is 2.78. The van der Waals surface area contributed by atoms with Crippen LogP contribution in [0.5, 0.6) is 5.75 Å². The van der Waals surface area contributed by atoms with E-state index in [0.717, 1.165) is 8.95 Å². The van der Waals surface area contributed by atoms with Crippen molar-refractivity contribution in [2.75, 3.05) is 13.7 Å². The van der Waals surface area contributed by atoms with Crippen molar-refractivity contribution in [3.8, 4) is 5.75 Å². The number of amides is 2. The predicted octanol–water partition coefficient (Wildman–Crippen LogP) is 1.81. The van der Waals surface area contributed by atoms with Gasteiger partial charge in [0, 0.05) is 16.6 Å². The second-order valence-electron chi connectivity index (χ2n) is 3.57. The topological polar surface area (TPSA) is 79.8 Å². The van der Waals surface area contributed by atoms with Crippen molar-refractivity contribution in [3.63, 3.8) is 0 Å². The zero-order chi connectivity index (χ0) is 15.1. The van der Waals surface area contributed by atoms with Crippen LogP contribution in [0.2, 0.25) is 0 Å². The molecule has 0 heterocycles. The van der Waals surface area contributed by atoms with Crippen LogP contribution >= 0.6 is 31.9 Å². The van der Waals surface area contributed by atoms with Crippen LogP contribution < -0.4 is 15.5 Å². The Morgan fingerprint density at radius 3 is 2.65 bits per heavy atom. The number of nitrogens with one attached hydrogen (secondary N) is 2. The molecule has 2 N–H and O–H groups in total. The highest BCUT2D eigenvalue weighted by Gasteiger charge is 2.11. The Morgan fingerprint density at radius 2 is 2.05 bits per heavy atom. The van der Waals surface area contributed by atoms with Crippen LogP contribution in [-0.4, -0.2) is 31.7 Å².